The minimum atomic E-state index is -3.48. The molecule has 0 saturated carbocycles. The quantitative estimate of drug-likeness (QED) is 0.732. The summed E-state index contributed by atoms with van der Waals surface area (Å²) < 4.78 is 40.4. The molecule has 2 aliphatic heterocycles. The van der Waals surface area contributed by atoms with E-state index in [-0.39, 0.29) is 12.6 Å². The second kappa shape index (κ2) is 3.90. The SMILES string of the molecule is CC1(F)CCCN(S(=O)(=O)N2CC(N)C2)C1. The highest BCUT2D eigenvalue weighted by molar-refractivity contribution is 7.86. The lowest BCUT2D eigenvalue weighted by Gasteiger charge is -2.42. The lowest BCUT2D eigenvalue weighted by molar-refractivity contribution is 0.0955. The molecule has 1 unspecified atom stereocenters. The van der Waals surface area contributed by atoms with Crippen LogP contribution in [0.5, 0.6) is 0 Å². The molecule has 7 heteroatoms. The fourth-order valence-corrected chi connectivity index (χ4v) is 4.05. The Morgan fingerprint density at radius 1 is 1.38 bits per heavy atom. The lowest BCUT2D eigenvalue weighted by Crippen LogP contribution is -2.62. The van der Waals surface area contributed by atoms with Crippen LogP contribution in [0.1, 0.15) is 19.8 Å². The molecule has 2 heterocycles. The molecule has 0 aromatic rings. The van der Waals surface area contributed by atoms with Gasteiger partial charge in [-0.15, -0.1) is 0 Å². The summed E-state index contributed by atoms with van der Waals surface area (Å²) in [6, 6.07) is -0.0728. The zero-order valence-corrected chi connectivity index (χ0v) is 10.2. The van der Waals surface area contributed by atoms with Crippen LogP contribution in [0.2, 0.25) is 0 Å². The van der Waals surface area contributed by atoms with E-state index in [0.29, 0.717) is 32.5 Å². The molecule has 16 heavy (non-hydrogen) atoms. The summed E-state index contributed by atoms with van der Waals surface area (Å²) in [5, 5.41) is 0. The Kier molecular flexibility index (Phi) is 2.98. The number of hydrogen-bond donors (Lipinski definition) is 1. The van der Waals surface area contributed by atoms with Crippen molar-refractivity contribution in [3.05, 3.63) is 0 Å². The molecule has 2 aliphatic rings. The van der Waals surface area contributed by atoms with Crippen LogP contribution in [-0.4, -0.2) is 54.9 Å². The summed E-state index contributed by atoms with van der Waals surface area (Å²) in [5.41, 5.74) is 4.15. The van der Waals surface area contributed by atoms with Crippen LogP contribution >= 0.6 is 0 Å². The molecule has 2 N–H and O–H groups in total. The van der Waals surface area contributed by atoms with Crippen LogP contribution < -0.4 is 5.73 Å². The van der Waals surface area contributed by atoms with Crippen molar-refractivity contribution in [2.75, 3.05) is 26.2 Å². The Morgan fingerprint density at radius 3 is 2.50 bits per heavy atom. The highest BCUT2D eigenvalue weighted by Gasteiger charge is 2.42. The van der Waals surface area contributed by atoms with Gasteiger partial charge >= 0.3 is 0 Å². The monoisotopic (exact) mass is 251 g/mol. The van der Waals surface area contributed by atoms with E-state index in [1.54, 1.807) is 0 Å². The molecule has 2 saturated heterocycles. The molecule has 94 valence electrons. The Hall–Kier alpha value is -0.240. The number of piperidine rings is 1. The number of nitrogens with zero attached hydrogens (tertiary/aromatic N) is 2. The number of nitrogens with two attached hydrogens (primary N) is 1. The van der Waals surface area contributed by atoms with Crippen molar-refractivity contribution >= 4 is 10.2 Å². The number of rotatable bonds is 2. The van der Waals surface area contributed by atoms with Gasteiger partial charge in [-0.1, -0.05) is 0 Å². The molecule has 2 fully saturated rings. The Bertz CT molecular complexity index is 365. The minimum Gasteiger partial charge on any atom is -0.325 e. The molecule has 0 aliphatic carbocycles. The van der Waals surface area contributed by atoms with E-state index in [0.717, 1.165) is 0 Å². The van der Waals surface area contributed by atoms with Crippen molar-refractivity contribution in [2.24, 2.45) is 5.73 Å². The zero-order valence-electron chi connectivity index (χ0n) is 9.39. The first kappa shape index (κ1) is 12.2. The third kappa shape index (κ3) is 2.22. The fraction of sp³-hybridized carbons (Fsp3) is 1.00. The maximum Gasteiger partial charge on any atom is 0.282 e. The smallest absolute Gasteiger partial charge is 0.282 e. The third-order valence-corrected chi connectivity index (χ3v) is 5.06. The van der Waals surface area contributed by atoms with Gasteiger partial charge in [0, 0.05) is 32.2 Å². The summed E-state index contributed by atoms with van der Waals surface area (Å²) >= 11 is 0. The van der Waals surface area contributed by atoms with Gasteiger partial charge in [0.2, 0.25) is 0 Å². The largest absolute Gasteiger partial charge is 0.325 e. The van der Waals surface area contributed by atoms with Crippen LogP contribution in [0.4, 0.5) is 4.39 Å². The van der Waals surface area contributed by atoms with Crippen LogP contribution in [-0.2, 0) is 10.2 Å². The van der Waals surface area contributed by atoms with Crippen molar-refractivity contribution in [1.82, 2.24) is 8.61 Å². The van der Waals surface area contributed by atoms with E-state index in [4.69, 9.17) is 5.73 Å². The molecule has 1 atom stereocenters. The Balaban J connectivity index is 2.06. The van der Waals surface area contributed by atoms with Gasteiger partial charge in [0.25, 0.3) is 10.2 Å². The maximum atomic E-state index is 13.8. The maximum absolute atomic E-state index is 13.8. The van der Waals surface area contributed by atoms with Gasteiger partial charge < -0.3 is 5.73 Å². The van der Waals surface area contributed by atoms with Gasteiger partial charge in [-0.05, 0) is 19.8 Å². The van der Waals surface area contributed by atoms with Gasteiger partial charge in [0.15, 0.2) is 0 Å². The molecular formula is C9H18FN3O2S. The molecule has 0 aromatic heterocycles. The molecule has 2 rings (SSSR count). The summed E-state index contributed by atoms with van der Waals surface area (Å²) in [6.07, 6.45) is 1.00. The van der Waals surface area contributed by atoms with Crippen molar-refractivity contribution in [2.45, 2.75) is 31.5 Å². The summed E-state index contributed by atoms with van der Waals surface area (Å²) in [6.45, 7) is 2.52. The van der Waals surface area contributed by atoms with Gasteiger partial charge in [0.1, 0.15) is 5.67 Å². The van der Waals surface area contributed by atoms with E-state index in [1.807, 2.05) is 0 Å². The van der Waals surface area contributed by atoms with Crippen molar-refractivity contribution < 1.29 is 12.8 Å². The first-order chi connectivity index (χ1) is 7.31. The van der Waals surface area contributed by atoms with E-state index in [9.17, 15) is 12.8 Å². The van der Waals surface area contributed by atoms with Crippen molar-refractivity contribution in [1.29, 1.82) is 0 Å². The standard InChI is InChI=1S/C9H18FN3O2S/c1-9(10)3-2-4-12(7-9)16(14,15)13-5-8(11)6-13/h8H,2-7,11H2,1H3. The van der Waals surface area contributed by atoms with Gasteiger partial charge in [0.05, 0.1) is 0 Å². The van der Waals surface area contributed by atoms with Crippen molar-refractivity contribution in [3.63, 3.8) is 0 Å². The van der Waals surface area contributed by atoms with E-state index >= 15 is 0 Å². The van der Waals surface area contributed by atoms with Gasteiger partial charge in [-0.2, -0.15) is 17.0 Å². The summed E-state index contributed by atoms with van der Waals surface area (Å²) in [5.74, 6) is 0. The molecule has 0 amide bonds. The van der Waals surface area contributed by atoms with Gasteiger partial charge in [-0.3, -0.25) is 0 Å². The highest BCUT2D eigenvalue weighted by atomic mass is 32.2. The van der Waals surface area contributed by atoms with Crippen LogP contribution in [0.25, 0.3) is 0 Å². The summed E-state index contributed by atoms with van der Waals surface area (Å²) in [7, 11) is -3.48. The molecule has 0 bridgehead atoms. The van der Waals surface area contributed by atoms with Crippen LogP contribution in [0.3, 0.4) is 0 Å². The molecule has 5 nitrogen and oxygen atoms in total. The third-order valence-electron chi connectivity index (χ3n) is 3.14. The second-order valence-electron chi connectivity index (χ2n) is 4.94. The molecular weight excluding hydrogens is 233 g/mol. The summed E-state index contributed by atoms with van der Waals surface area (Å²) in [4.78, 5) is 0. The molecule has 0 radical (unpaired) electrons. The predicted molar refractivity (Wildman–Crippen MR) is 58.8 cm³/mol. The average Bonchev–Trinajstić information content (AvgIpc) is 2.11. The number of alkyl halides is 1. The van der Waals surface area contributed by atoms with Gasteiger partial charge in [-0.25, -0.2) is 4.39 Å². The predicted octanol–water partition coefficient (Wildman–Crippen LogP) is -0.302. The highest BCUT2D eigenvalue weighted by Crippen LogP contribution is 2.28. The van der Waals surface area contributed by atoms with Crippen molar-refractivity contribution in [3.8, 4) is 0 Å². The Morgan fingerprint density at radius 2 is 2.00 bits per heavy atom. The minimum absolute atomic E-state index is 0.0406. The molecule has 0 spiro atoms. The zero-order chi connectivity index (χ0) is 12.0. The second-order valence-corrected chi connectivity index (χ2v) is 6.86. The lowest BCUT2D eigenvalue weighted by atomic mass is 9.99. The van der Waals surface area contributed by atoms with E-state index in [2.05, 4.69) is 0 Å². The fourth-order valence-electron chi connectivity index (χ4n) is 2.17. The Labute approximate surface area is 95.6 Å². The topological polar surface area (TPSA) is 66.6 Å². The number of halogens is 1. The van der Waals surface area contributed by atoms with Crippen LogP contribution in [0, 0.1) is 0 Å². The first-order valence-electron chi connectivity index (χ1n) is 5.51. The van der Waals surface area contributed by atoms with E-state index in [1.165, 1.54) is 15.5 Å². The number of hydrogen-bond acceptors (Lipinski definition) is 3. The van der Waals surface area contributed by atoms with Crippen LogP contribution in [0.15, 0.2) is 0 Å². The van der Waals surface area contributed by atoms with E-state index < -0.39 is 15.9 Å². The first-order valence-corrected chi connectivity index (χ1v) is 6.91. The normalized spacial score (nSPS) is 34.9. The average molecular weight is 251 g/mol. The molecule has 0 aromatic carbocycles.